The van der Waals surface area contributed by atoms with Gasteiger partial charge in [0.15, 0.2) is 11.5 Å². The third-order valence-electron chi connectivity index (χ3n) is 4.18. The first-order valence-corrected chi connectivity index (χ1v) is 8.71. The summed E-state index contributed by atoms with van der Waals surface area (Å²) in [5.41, 5.74) is 2.82. The van der Waals surface area contributed by atoms with E-state index in [1.165, 1.54) is 12.1 Å². The lowest BCUT2D eigenvalue weighted by atomic mass is 10.1. The molecule has 144 valence electrons. The molecule has 0 bridgehead atoms. The molecule has 3 aromatic carbocycles. The van der Waals surface area contributed by atoms with Crippen molar-refractivity contribution < 1.29 is 18.7 Å². The van der Waals surface area contributed by atoms with Crippen molar-refractivity contribution in [3.05, 3.63) is 83.7 Å². The van der Waals surface area contributed by atoms with Crippen LogP contribution in [0.15, 0.2) is 66.7 Å². The number of anilines is 2. The van der Waals surface area contributed by atoms with Gasteiger partial charge in [0, 0.05) is 29.5 Å². The lowest BCUT2D eigenvalue weighted by Gasteiger charge is -2.11. The molecule has 0 spiro atoms. The number of amides is 1. The van der Waals surface area contributed by atoms with Crippen molar-refractivity contribution in [1.29, 1.82) is 0 Å². The number of carbonyl (C=O) groups is 1. The number of rotatable bonds is 7. The summed E-state index contributed by atoms with van der Waals surface area (Å²) >= 11 is 0. The lowest BCUT2D eigenvalue weighted by Crippen LogP contribution is -2.12. The van der Waals surface area contributed by atoms with Crippen molar-refractivity contribution >= 4 is 17.3 Å². The molecule has 0 radical (unpaired) electrons. The number of benzene rings is 3. The Kier molecular flexibility index (Phi) is 6.11. The van der Waals surface area contributed by atoms with Crippen molar-refractivity contribution in [3.8, 4) is 11.5 Å². The zero-order valence-corrected chi connectivity index (χ0v) is 15.7. The second kappa shape index (κ2) is 8.90. The molecule has 6 heteroatoms. The molecule has 1 amide bonds. The van der Waals surface area contributed by atoms with Crippen LogP contribution in [0, 0.1) is 5.82 Å². The zero-order chi connectivity index (χ0) is 19.9. The average molecular weight is 380 g/mol. The molecular formula is C22H21FN2O3. The van der Waals surface area contributed by atoms with Crippen LogP contribution in [0.4, 0.5) is 15.8 Å². The van der Waals surface area contributed by atoms with E-state index in [2.05, 4.69) is 10.6 Å². The maximum atomic E-state index is 13.2. The summed E-state index contributed by atoms with van der Waals surface area (Å²) in [4.78, 5) is 12.3. The number of nitrogens with one attached hydrogen (secondary N) is 2. The van der Waals surface area contributed by atoms with Gasteiger partial charge in [-0.15, -0.1) is 0 Å². The normalized spacial score (nSPS) is 10.2. The minimum atomic E-state index is -0.394. The Morgan fingerprint density at radius 1 is 0.893 bits per heavy atom. The highest BCUT2D eigenvalue weighted by Gasteiger charge is 2.07. The predicted octanol–water partition coefficient (Wildman–Crippen LogP) is 4.71. The summed E-state index contributed by atoms with van der Waals surface area (Å²) in [6.07, 6.45) is 0. The van der Waals surface area contributed by atoms with Gasteiger partial charge in [-0.2, -0.15) is 0 Å². The highest BCUT2D eigenvalue weighted by Crippen LogP contribution is 2.29. The fraction of sp³-hybridized carbons (Fsp3) is 0.136. The largest absolute Gasteiger partial charge is 0.493 e. The Balaban J connectivity index is 1.60. The molecule has 5 nitrogen and oxygen atoms in total. The molecule has 0 atom stereocenters. The van der Waals surface area contributed by atoms with E-state index in [0.717, 1.165) is 11.3 Å². The molecule has 0 heterocycles. The van der Waals surface area contributed by atoms with Gasteiger partial charge in [0.05, 0.1) is 14.2 Å². The predicted molar refractivity (Wildman–Crippen MR) is 108 cm³/mol. The number of ether oxygens (including phenoxy) is 2. The van der Waals surface area contributed by atoms with E-state index in [-0.39, 0.29) is 5.91 Å². The Labute approximate surface area is 163 Å². The molecule has 0 saturated heterocycles. The molecule has 0 fully saturated rings. The molecule has 28 heavy (non-hydrogen) atoms. The van der Waals surface area contributed by atoms with E-state index in [1.54, 1.807) is 38.5 Å². The van der Waals surface area contributed by atoms with Crippen LogP contribution in [0.1, 0.15) is 15.9 Å². The van der Waals surface area contributed by atoms with E-state index in [9.17, 15) is 9.18 Å². The number of hydrogen-bond donors (Lipinski definition) is 2. The third kappa shape index (κ3) is 4.79. The highest BCUT2D eigenvalue weighted by molar-refractivity contribution is 6.04. The first kappa shape index (κ1) is 19.2. The van der Waals surface area contributed by atoms with Crippen LogP contribution in [0.25, 0.3) is 0 Å². The molecule has 0 aromatic heterocycles. The van der Waals surface area contributed by atoms with Crippen molar-refractivity contribution in [1.82, 2.24) is 0 Å². The molecule has 3 aromatic rings. The second-order valence-corrected chi connectivity index (χ2v) is 6.08. The van der Waals surface area contributed by atoms with Crippen molar-refractivity contribution in [2.45, 2.75) is 6.54 Å². The summed E-state index contributed by atoms with van der Waals surface area (Å²) in [6.45, 7) is 0.585. The van der Waals surface area contributed by atoms with Crippen molar-refractivity contribution in [2.24, 2.45) is 0 Å². The molecule has 0 aliphatic rings. The Morgan fingerprint density at radius 2 is 1.64 bits per heavy atom. The van der Waals surface area contributed by atoms with Gasteiger partial charge in [-0.05, 0) is 48.0 Å². The van der Waals surface area contributed by atoms with Gasteiger partial charge in [0.25, 0.3) is 5.91 Å². The lowest BCUT2D eigenvalue weighted by molar-refractivity contribution is 0.102. The van der Waals surface area contributed by atoms with Crippen LogP contribution in [0.3, 0.4) is 0 Å². The maximum absolute atomic E-state index is 13.2. The summed E-state index contributed by atoms with van der Waals surface area (Å²) < 4.78 is 23.7. The second-order valence-electron chi connectivity index (χ2n) is 6.08. The van der Waals surface area contributed by atoms with Gasteiger partial charge in [-0.25, -0.2) is 4.39 Å². The van der Waals surface area contributed by atoms with E-state index >= 15 is 0 Å². The Morgan fingerprint density at radius 3 is 2.32 bits per heavy atom. The Bertz CT molecular complexity index is 958. The zero-order valence-electron chi connectivity index (χ0n) is 15.7. The first-order chi connectivity index (χ1) is 13.6. The molecule has 3 rings (SSSR count). The van der Waals surface area contributed by atoms with Crippen LogP contribution in [0.5, 0.6) is 11.5 Å². The monoisotopic (exact) mass is 380 g/mol. The van der Waals surface area contributed by atoms with E-state index < -0.39 is 5.82 Å². The Hall–Kier alpha value is -3.54. The summed E-state index contributed by atoms with van der Waals surface area (Å²) in [5.74, 6) is 0.637. The quantitative estimate of drug-likeness (QED) is 0.623. The topological polar surface area (TPSA) is 59.6 Å². The fourth-order valence-corrected chi connectivity index (χ4v) is 2.69. The van der Waals surface area contributed by atoms with Crippen molar-refractivity contribution in [3.63, 3.8) is 0 Å². The van der Waals surface area contributed by atoms with Crippen LogP contribution < -0.4 is 20.1 Å². The molecule has 0 unspecified atom stereocenters. The SMILES string of the molecule is COc1ccc(NCc2ccc(C(=O)Nc3cccc(F)c3)cc2)cc1OC. The first-order valence-electron chi connectivity index (χ1n) is 8.71. The maximum Gasteiger partial charge on any atom is 0.255 e. The van der Waals surface area contributed by atoms with Crippen LogP contribution in [-0.4, -0.2) is 20.1 Å². The van der Waals surface area contributed by atoms with Gasteiger partial charge in [0.2, 0.25) is 0 Å². The minimum absolute atomic E-state index is 0.287. The number of methoxy groups -OCH3 is 2. The van der Waals surface area contributed by atoms with Crippen LogP contribution >= 0.6 is 0 Å². The van der Waals surface area contributed by atoms with Crippen LogP contribution in [-0.2, 0) is 6.54 Å². The highest BCUT2D eigenvalue weighted by atomic mass is 19.1. The van der Waals surface area contributed by atoms with Gasteiger partial charge in [0.1, 0.15) is 5.82 Å². The van der Waals surface area contributed by atoms with E-state index in [4.69, 9.17) is 9.47 Å². The van der Waals surface area contributed by atoms with Gasteiger partial charge >= 0.3 is 0 Å². The molecule has 0 aliphatic carbocycles. The summed E-state index contributed by atoms with van der Waals surface area (Å²) in [7, 11) is 3.19. The molecular weight excluding hydrogens is 359 g/mol. The third-order valence-corrected chi connectivity index (χ3v) is 4.18. The van der Waals surface area contributed by atoms with Gasteiger partial charge in [-0.1, -0.05) is 18.2 Å². The van der Waals surface area contributed by atoms with Gasteiger partial charge < -0.3 is 20.1 Å². The summed E-state index contributed by atoms with van der Waals surface area (Å²) in [6, 6.07) is 18.6. The number of halogens is 1. The minimum Gasteiger partial charge on any atom is -0.493 e. The van der Waals surface area contributed by atoms with E-state index in [0.29, 0.717) is 29.3 Å². The van der Waals surface area contributed by atoms with Crippen molar-refractivity contribution in [2.75, 3.05) is 24.9 Å². The summed E-state index contributed by atoms with van der Waals surface area (Å²) in [5, 5.41) is 5.98. The number of hydrogen-bond acceptors (Lipinski definition) is 4. The smallest absolute Gasteiger partial charge is 0.255 e. The van der Waals surface area contributed by atoms with E-state index in [1.807, 2.05) is 30.3 Å². The standard InChI is InChI=1S/C22H21FN2O3/c1-27-20-11-10-18(13-21(20)28-2)24-14-15-6-8-16(9-7-15)22(26)25-19-5-3-4-17(23)12-19/h3-13,24H,14H2,1-2H3,(H,25,26). The average Bonchev–Trinajstić information content (AvgIpc) is 2.72. The van der Waals surface area contributed by atoms with Gasteiger partial charge in [-0.3, -0.25) is 4.79 Å². The molecule has 2 N–H and O–H groups in total. The number of carbonyl (C=O) groups excluding carboxylic acids is 1. The molecule has 0 saturated carbocycles. The van der Waals surface area contributed by atoms with Crippen LogP contribution in [0.2, 0.25) is 0 Å². The molecule has 0 aliphatic heterocycles. The fourth-order valence-electron chi connectivity index (χ4n) is 2.69.